The fraction of sp³-hybridized carbons (Fsp3) is 0.529. The Kier molecular flexibility index (Phi) is 9.02. The van der Waals surface area contributed by atoms with E-state index in [2.05, 4.69) is 15.2 Å². The van der Waals surface area contributed by atoms with E-state index in [0.717, 1.165) is 44.0 Å². The molecule has 1 aromatic carbocycles. The van der Waals surface area contributed by atoms with Crippen LogP contribution in [-0.4, -0.2) is 36.4 Å². The van der Waals surface area contributed by atoms with E-state index in [1.54, 1.807) is 6.07 Å². The summed E-state index contributed by atoms with van der Waals surface area (Å²) in [5.74, 6) is 0.589. The number of hydrogen-bond acceptors (Lipinski definition) is 2. The zero-order valence-electron chi connectivity index (χ0n) is 14.0. The first-order chi connectivity index (χ1) is 11.1. The number of guanidine groups is 1. The SMILES string of the molecule is CCNC(=NCc1cccc(F)c1)N1CCCC(CC(N)=O)C1.I. The molecule has 0 spiro atoms. The van der Waals surface area contributed by atoms with Gasteiger partial charge < -0.3 is 16.0 Å². The van der Waals surface area contributed by atoms with Crippen LogP contribution in [0.15, 0.2) is 29.3 Å². The Morgan fingerprint density at radius 3 is 2.96 bits per heavy atom. The number of likely N-dealkylation sites (tertiary alicyclic amines) is 1. The predicted octanol–water partition coefficient (Wildman–Crippen LogP) is 2.50. The molecule has 1 amide bonds. The minimum absolute atomic E-state index is 0. The molecule has 1 heterocycles. The Morgan fingerprint density at radius 2 is 2.29 bits per heavy atom. The number of piperidine rings is 1. The third-order valence-corrected chi connectivity index (χ3v) is 3.94. The summed E-state index contributed by atoms with van der Waals surface area (Å²) in [7, 11) is 0. The molecule has 7 heteroatoms. The van der Waals surface area contributed by atoms with E-state index in [4.69, 9.17) is 5.73 Å². The van der Waals surface area contributed by atoms with E-state index in [1.807, 2.05) is 13.0 Å². The fourth-order valence-electron chi connectivity index (χ4n) is 2.94. The number of carbonyl (C=O) groups is 1. The molecule has 0 bridgehead atoms. The van der Waals surface area contributed by atoms with Gasteiger partial charge in [-0.1, -0.05) is 12.1 Å². The zero-order valence-corrected chi connectivity index (χ0v) is 16.3. The smallest absolute Gasteiger partial charge is 0.217 e. The quantitative estimate of drug-likeness (QED) is 0.413. The Hall–Kier alpha value is -1.38. The molecule has 1 unspecified atom stereocenters. The first-order valence-corrected chi connectivity index (χ1v) is 8.14. The molecule has 1 atom stereocenters. The highest BCUT2D eigenvalue weighted by Crippen LogP contribution is 2.19. The Bertz CT molecular complexity index is 567. The van der Waals surface area contributed by atoms with Crippen molar-refractivity contribution >= 4 is 35.8 Å². The van der Waals surface area contributed by atoms with E-state index in [1.165, 1.54) is 12.1 Å². The largest absolute Gasteiger partial charge is 0.370 e. The summed E-state index contributed by atoms with van der Waals surface area (Å²) < 4.78 is 13.2. The van der Waals surface area contributed by atoms with Gasteiger partial charge in [0.25, 0.3) is 0 Å². The topological polar surface area (TPSA) is 70.7 Å². The van der Waals surface area contributed by atoms with Gasteiger partial charge in [0.15, 0.2) is 5.96 Å². The normalized spacial score (nSPS) is 18.0. The molecule has 0 radical (unpaired) electrons. The molecule has 5 nitrogen and oxygen atoms in total. The van der Waals surface area contributed by atoms with Gasteiger partial charge in [-0.05, 0) is 43.4 Å². The fourth-order valence-corrected chi connectivity index (χ4v) is 2.94. The highest BCUT2D eigenvalue weighted by Gasteiger charge is 2.23. The average molecular weight is 448 g/mol. The molecule has 1 fully saturated rings. The summed E-state index contributed by atoms with van der Waals surface area (Å²) in [6, 6.07) is 6.48. The second kappa shape index (κ2) is 10.5. The number of aliphatic imine (C=N–C) groups is 1. The van der Waals surface area contributed by atoms with Crippen LogP contribution in [0.1, 0.15) is 31.7 Å². The molecular formula is C17H26FIN4O. The molecule has 1 aromatic rings. The zero-order chi connectivity index (χ0) is 16.7. The molecule has 1 aliphatic heterocycles. The van der Waals surface area contributed by atoms with E-state index in [0.29, 0.717) is 13.0 Å². The van der Waals surface area contributed by atoms with Crippen LogP contribution in [0.4, 0.5) is 4.39 Å². The number of halogens is 2. The summed E-state index contributed by atoms with van der Waals surface area (Å²) in [4.78, 5) is 17.9. The molecule has 0 saturated carbocycles. The van der Waals surface area contributed by atoms with Crippen molar-refractivity contribution in [3.8, 4) is 0 Å². The lowest BCUT2D eigenvalue weighted by molar-refractivity contribution is -0.119. The lowest BCUT2D eigenvalue weighted by atomic mass is 9.95. The number of nitrogens with one attached hydrogen (secondary N) is 1. The van der Waals surface area contributed by atoms with E-state index < -0.39 is 0 Å². The van der Waals surface area contributed by atoms with Crippen molar-refractivity contribution in [3.05, 3.63) is 35.6 Å². The van der Waals surface area contributed by atoms with Gasteiger partial charge in [-0.2, -0.15) is 0 Å². The summed E-state index contributed by atoms with van der Waals surface area (Å²) in [6.45, 7) is 4.89. The first kappa shape index (κ1) is 20.7. The van der Waals surface area contributed by atoms with Gasteiger partial charge in [0.1, 0.15) is 5.82 Å². The van der Waals surface area contributed by atoms with Crippen molar-refractivity contribution in [1.82, 2.24) is 10.2 Å². The van der Waals surface area contributed by atoms with Crippen LogP contribution in [0.5, 0.6) is 0 Å². The summed E-state index contributed by atoms with van der Waals surface area (Å²) >= 11 is 0. The predicted molar refractivity (Wildman–Crippen MR) is 105 cm³/mol. The molecule has 1 saturated heterocycles. The van der Waals surface area contributed by atoms with Gasteiger partial charge in [-0.25, -0.2) is 9.38 Å². The van der Waals surface area contributed by atoms with Crippen LogP contribution in [0.3, 0.4) is 0 Å². The van der Waals surface area contributed by atoms with Crippen LogP contribution in [0.25, 0.3) is 0 Å². The van der Waals surface area contributed by atoms with Gasteiger partial charge in [-0.3, -0.25) is 4.79 Å². The van der Waals surface area contributed by atoms with Crippen LogP contribution >= 0.6 is 24.0 Å². The summed E-state index contributed by atoms with van der Waals surface area (Å²) in [5.41, 5.74) is 6.15. The Morgan fingerprint density at radius 1 is 1.50 bits per heavy atom. The molecule has 0 aliphatic carbocycles. The number of nitrogens with zero attached hydrogens (tertiary/aromatic N) is 2. The van der Waals surface area contributed by atoms with E-state index >= 15 is 0 Å². The van der Waals surface area contributed by atoms with Gasteiger partial charge >= 0.3 is 0 Å². The van der Waals surface area contributed by atoms with Crippen LogP contribution < -0.4 is 11.1 Å². The highest BCUT2D eigenvalue weighted by atomic mass is 127. The van der Waals surface area contributed by atoms with Gasteiger partial charge in [0, 0.05) is 26.1 Å². The second-order valence-electron chi connectivity index (χ2n) is 5.92. The lowest BCUT2D eigenvalue weighted by Gasteiger charge is -2.34. The van der Waals surface area contributed by atoms with Crippen molar-refractivity contribution in [3.63, 3.8) is 0 Å². The van der Waals surface area contributed by atoms with Crippen LogP contribution in [0.2, 0.25) is 0 Å². The number of amides is 1. The minimum atomic E-state index is -0.251. The number of carbonyl (C=O) groups excluding carboxylic acids is 1. The molecule has 1 aliphatic rings. The maximum Gasteiger partial charge on any atom is 0.217 e. The van der Waals surface area contributed by atoms with Gasteiger partial charge in [0.05, 0.1) is 6.54 Å². The highest BCUT2D eigenvalue weighted by molar-refractivity contribution is 14.0. The Labute approximate surface area is 159 Å². The van der Waals surface area contributed by atoms with Crippen LogP contribution in [-0.2, 0) is 11.3 Å². The maximum atomic E-state index is 13.2. The minimum Gasteiger partial charge on any atom is -0.370 e. The molecule has 134 valence electrons. The second-order valence-corrected chi connectivity index (χ2v) is 5.92. The monoisotopic (exact) mass is 448 g/mol. The van der Waals surface area contributed by atoms with E-state index in [-0.39, 0.29) is 41.6 Å². The van der Waals surface area contributed by atoms with Crippen molar-refractivity contribution in [2.24, 2.45) is 16.6 Å². The molecule has 2 rings (SSSR count). The maximum absolute atomic E-state index is 13.2. The number of nitrogens with two attached hydrogens (primary N) is 1. The molecule has 0 aromatic heterocycles. The number of hydrogen-bond donors (Lipinski definition) is 2. The third-order valence-electron chi connectivity index (χ3n) is 3.94. The van der Waals surface area contributed by atoms with Gasteiger partial charge in [-0.15, -0.1) is 24.0 Å². The average Bonchev–Trinajstić information content (AvgIpc) is 2.51. The van der Waals surface area contributed by atoms with Crippen molar-refractivity contribution in [2.75, 3.05) is 19.6 Å². The summed E-state index contributed by atoms with van der Waals surface area (Å²) in [5, 5.41) is 3.28. The van der Waals surface area contributed by atoms with Crippen LogP contribution in [0, 0.1) is 11.7 Å². The standard InChI is InChI=1S/C17H25FN4O.HI/c1-2-20-17(21-11-13-5-3-7-15(18)9-13)22-8-4-6-14(12-22)10-16(19)23;/h3,5,7,9,14H,2,4,6,8,10-12H2,1H3,(H2,19,23)(H,20,21);1H. The summed E-state index contributed by atoms with van der Waals surface area (Å²) in [6.07, 6.45) is 2.45. The van der Waals surface area contributed by atoms with Crippen molar-refractivity contribution < 1.29 is 9.18 Å². The molecule has 24 heavy (non-hydrogen) atoms. The third kappa shape index (κ3) is 6.62. The molecular weight excluding hydrogens is 422 g/mol. The first-order valence-electron chi connectivity index (χ1n) is 8.14. The number of rotatable bonds is 5. The molecule has 3 N–H and O–H groups in total. The number of primary amides is 1. The Balaban J connectivity index is 0.00000288. The van der Waals surface area contributed by atoms with Gasteiger partial charge in [0.2, 0.25) is 5.91 Å². The van der Waals surface area contributed by atoms with Crippen molar-refractivity contribution in [2.45, 2.75) is 32.7 Å². The number of benzene rings is 1. The van der Waals surface area contributed by atoms with E-state index in [9.17, 15) is 9.18 Å². The lowest BCUT2D eigenvalue weighted by Crippen LogP contribution is -2.47. The van der Waals surface area contributed by atoms with Crippen molar-refractivity contribution in [1.29, 1.82) is 0 Å².